The molecule has 0 N–H and O–H groups in total. The third kappa shape index (κ3) is 4.98. The third-order valence-electron chi connectivity index (χ3n) is 3.12. The van der Waals surface area contributed by atoms with Crippen LogP contribution in [0.5, 0.6) is 0 Å². The normalized spacial score (nSPS) is 31.8. The number of rotatable bonds is 6. The first kappa shape index (κ1) is 13.0. The fourth-order valence-electron chi connectivity index (χ4n) is 2.14. The van der Waals surface area contributed by atoms with E-state index in [1.165, 1.54) is 32.1 Å². The van der Waals surface area contributed by atoms with Crippen molar-refractivity contribution in [3.63, 3.8) is 0 Å². The second-order valence-corrected chi connectivity index (χ2v) is 4.86. The van der Waals surface area contributed by atoms with Gasteiger partial charge in [-0.05, 0) is 26.7 Å². The van der Waals surface area contributed by atoms with E-state index in [-0.39, 0.29) is 5.79 Å². The molecule has 0 saturated carbocycles. The second kappa shape index (κ2) is 6.49. The lowest BCUT2D eigenvalue weighted by molar-refractivity contribution is -0.283. The van der Waals surface area contributed by atoms with Crippen molar-refractivity contribution >= 4 is 0 Å². The first-order valence-corrected chi connectivity index (χ1v) is 6.48. The lowest BCUT2D eigenvalue weighted by Gasteiger charge is -2.37. The molecule has 0 aromatic heterocycles. The fraction of sp³-hybridized carbons (Fsp3) is 1.00. The van der Waals surface area contributed by atoms with E-state index >= 15 is 0 Å². The van der Waals surface area contributed by atoms with Gasteiger partial charge in [-0.3, -0.25) is 0 Å². The van der Waals surface area contributed by atoms with E-state index in [1.54, 1.807) is 0 Å². The average molecular weight is 214 g/mol. The Kier molecular flexibility index (Phi) is 5.62. The summed E-state index contributed by atoms with van der Waals surface area (Å²) in [6.45, 7) is 7.32. The molecule has 1 heterocycles. The number of hydrogen-bond donors (Lipinski definition) is 0. The van der Waals surface area contributed by atoms with E-state index in [4.69, 9.17) is 9.47 Å². The Bertz CT molecular complexity index is 170. The molecule has 2 nitrogen and oxygen atoms in total. The van der Waals surface area contributed by atoms with Crippen molar-refractivity contribution in [2.45, 2.75) is 77.6 Å². The smallest absolute Gasteiger partial charge is 0.165 e. The van der Waals surface area contributed by atoms with Gasteiger partial charge < -0.3 is 9.47 Å². The van der Waals surface area contributed by atoms with Gasteiger partial charge >= 0.3 is 0 Å². The van der Waals surface area contributed by atoms with E-state index in [0.717, 1.165) is 19.4 Å². The molecule has 0 amide bonds. The van der Waals surface area contributed by atoms with Crippen LogP contribution in [0.15, 0.2) is 0 Å². The van der Waals surface area contributed by atoms with Crippen LogP contribution >= 0.6 is 0 Å². The Hall–Kier alpha value is -0.0800. The van der Waals surface area contributed by atoms with Gasteiger partial charge in [0.1, 0.15) is 0 Å². The molecule has 1 saturated heterocycles. The van der Waals surface area contributed by atoms with E-state index in [1.807, 2.05) is 0 Å². The summed E-state index contributed by atoms with van der Waals surface area (Å²) in [4.78, 5) is 0. The monoisotopic (exact) mass is 214 g/mol. The number of unbranched alkanes of at least 4 members (excludes halogenated alkanes) is 4. The van der Waals surface area contributed by atoms with Gasteiger partial charge in [-0.15, -0.1) is 0 Å². The predicted octanol–water partition coefficient (Wildman–Crippen LogP) is 3.89. The standard InChI is InChI=1S/C13H26O2/c1-4-5-6-7-8-10-13(3)14-11-9-12(2)15-13/h12H,4-11H2,1-3H3/t12-,13+/m1/s1. The van der Waals surface area contributed by atoms with Gasteiger partial charge in [-0.25, -0.2) is 0 Å². The molecule has 0 aromatic rings. The summed E-state index contributed by atoms with van der Waals surface area (Å²) in [5, 5.41) is 0. The van der Waals surface area contributed by atoms with Crippen LogP contribution in [0.25, 0.3) is 0 Å². The molecule has 0 aliphatic carbocycles. The summed E-state index contributed by atoms with van der Waals surface area (Å²) in [6.07, 6.45) is 8.98. The molecule has 1 aliphatic rings. The van der Waals surface area contributed by atoms with E-state index in [2.05, 4.69) is 20.8 Å². The zero-order valence-electron chi connectivity index (χ0n) is 10.6. The quantitative estimate of drug-likeness (QED) is 0.624. The molecular weight excluding hydrogens is 188 g/mol. The summed E-state index contributed by atoms with van der Waals surface area (Å²) in [5.74, 6) is -0.302. The van der Waals surface area contributed by atoms with Crippen LogP contribution in [0.4, 0.5) is 0 Å². The van der Waals surface area contributed by atoms with Crippen molar-refractivity contribution in [3.05, 3.63) is 0 Å². The molecule has 2 atom stereocenters. The molecule has 15 heavy (non-hydrogen) atoms. The van der Waals surface area contributed by atoms with Crippen LogP contribution in [0.2, 0.25) is 0 Å². The van der Waals surface area contributed by atoms with E-state index in [0.29, 0.717) is 6.10 Å². The molecule has 0 aromatic carbocycles. The van der Waals surface area contributed by atoms with Crippen LogP contribution in [0, 0.1) is 0 Å². The van der Waals surface area contributed by atoms with E-state index in [9.17, 15) is 0 Å². The molecule has 0 bridgehead atoms. The molecule has 90 valence electrons. The molecule has 1 fully saturated rings. The molecule has 2 heteroatoms. The molecule has 0 radical (unpaired) electrons. The van der Waals surface area contributed by atoms with Gasteiger partial charge in [0.2, 0.25) is 0 Å². The van der Waals surface area contributed by atoms with Crippen molar-refractivity contribution in [1.82, 2.24) is 0 Å². The minimum Gasteiger partial charge on any atom is -0.350 e. The van der Waals surface area contributed by atoms with E-state index < -0.39 is 0 Å². The summed E-state index contributed by atoms with van der Waals surface area (Å²) in [6, 6.07) is 0. The predicted molar refractivity (Wildman–Crippen MR) is 62.9 cm³/mol. The zero-order chi connectivity index (χ0) is 11.1. The Morgan fingerprint density at radius 2 is 1.93 bits per heavy atom. The van der Waals surface area contributed by atoms with Gasteiger partial charge in [-0.2, -0.15) is 0 Å². The largest absolute Gasteiger partial charge is 0.350 e. The third-order valence-corrected chi connectivity index (χ3v) is 3.12. The first-order chi connectivity index (χ1) is 7.16. The van der Waals surface area contributed by atoms with Crippen molar-refractivity contribution < 1.29 is 9.47 Å². The van der Waals surface area contributed by atoms with Gasteiger partial charge in [0.15, 0.2) is 5.79 Å². The lowest BCUT2D eigenvalue weighted by atomic mass is 10.1. The second-order valence-electron chi connectivity index (χ2n) is 4.86. The van der Waals surface area contributed by atoms with Crippen molar-refractivity contribution in [3.8, 4) is 0 Å². The molecule has 1 rings (SSSR count). The molecule has 1 aliphatic heterocycles. The van der Waals surface area contributed by atoms with Crippen LogP contribution in [0.1, 0.15) is 65.7 Å². The summed E-state index contributed by atoms with van der Waals surface area (Å²) in [5.41, 5.74) is 0. The van der Waals surface area contributed by atoms with Gasteiger partial charge in [0, 0.05) is 6.42 Å². The topological polar surface area (TPSA) is 18.5 Å². The van der Waals surface area contributed by atoms with Crippen molar-refractivity contribution in [2.24, 2.45) is 0 Å². The SMILES string of the molecule is CCCCCCC[C@@]1(C)OCC[C@@H](C)O1. The highest BCUT2D eigenvalue weighted by molar-refractivity contribution is 4.70. The number of hydrogen-bond acceptors (Lipinski definition) is 2. The molecular formula is C13H26O2. The highest BCUT2D eigenvalue weighted by atomic mass is 16.7. The number of ether oxygens (including phenoxy) is 2. The average Bonchev–Trinajstić information content (AvgIpc) is 2.17. The Morgan fingerprint density at radius 3 is 2.60 bits per heavy atom. The van der Waals surface area contributed by atoms with Crippen LogP contribution < -0.4 is 0 Å². The van der Waals surface area contributed by atoms with Crippen LogP contribution in [0.3, 0.4) is 0 Å². The summed E-state index contributed by atoms with van der Waals surface area (Å²) < 4.78 is 11.6. The zero-order valence-corrected chi connectivity index (χ0v) is 10.6. The minimum atomic E-state index is -0.302. The maximum atomic E-state index is 5.86. The highest BCUT2D eigenvalue weighted by Crippen LogP contribution is 2.27. The fourth-order valence-corrected chi connectivity index (χ4v) is 2.14. The maximum Gasteiger partial charge on any atom is 0.165 e. The summed E-state index contributed by atoms with van der Waals surface area (Å²) >= 11 is 0. The van der Waals surface area contributed by atoms with Gasteiger partial charge in [0.05, 0.1) is 12.7 Å². The maximum absolute atomic E-state index is 5.86. The molecule has 0 spiro atoms. The molecule has 0 unspecified atom stereocenters. The van der Waals surface area contributed by atoms with Gasteiger partial charge in [-0.1, -0.05) is 32.6 Å². The first-order valence-electron chi connectivity index (χ1n) is 6.48. The Morgan fingerprint density at radius 1 is 1.20 bits per heavy atom. The van der Waals surface area contributed by atoms with Crippen LogP contribution in [-0.2, 0) is 9.47 Å². The lowest BCUT2D eigenvalue weighted by Crippen LogP contribution is -2.41. The Balaban J connectivity index is 2.12. The summed E-state index contributed by atoms with van der Waals surface area (Å²) in [7, 11) is 0. The minimum absolute atomic E-state index is 0.302. The van der Waals surface area contributed by atoms with Crippen LogP contribution in [-0.4, -0.2) is 18.5 Å². The Labute approximate surface area is 94.3 Å². The van der Waals surface area contributed by atoms with Crippen molar-refractivity contribution in [1.29, 1.82) is 0 Å². The van der Waals surface area contributed by atoms with Gasteiger partial charge in [0.25, 0.3) is 0 Å². The highest BCUT2D eigenvalue weighted by Gasteiger charge is 2.31. The van der Waals surface area contributed by atoms with Crippen molar-refractivity contribution in [2.75, 3.05) is 6.61 Å².